The van der Waals surface area contributed by atoms with E-state index in [0.717, 1.165) is 26.2 Å². The first-order valence-electron chi connectivity index (χ1n) is 7.92. The predicted octanol–water partition coefficient (Wildman–Crippen LogP) is 2.36. The molecule has 1 aromatic heterocycles. The maximum atomic E-state index is 4.52. The fraction of sp³-hybridized carbons (Fsp3) is 0.471. The van der Waals surface area contributed by atoms with Gasteiger partial charge in [-0.05, 0) is 18.4 Å². The molecule has 1 aromatic carbocycles. The van der Waals surface area contributed by atoms with Crippen LogP contribution in [0.2, 0.25) is 0 Å². The van der Waals surface area contributed by atoms with Gasteiger partial charge in [0.2, 0.25) is 0 Å². The van der Waals surface area contributed by atoms with Crippen molar-refractivity contribution in [3.05, 3.63) is 53.9 Å². The van der Waals surface area contributed by atoms with Gasteiger partial charge in [-0.15, -0.1) is 0 Å². The quantitative estimate of drug-likeness (QED) is 0.934. The fourth-order valence-corrected chi connectivity index (χ4v) is 3.09. The van der Waals surface area contributed by atoms with Crippen molar-refractivity contribution >= 4 is 0 Å². The molecule has 1 atom stereocenters. The van der Waals surface area contributed by atoms with Gasteiger partial charge in [-0.1, -0.05) is 30.3 Å². The molecule has 2 aliphatic rings. The second kappa shape index (κ2) is 5.62. The Morgan fingerprint density at radius 3 is 2.86 bits per heavy atom. The second-order valence-electron chi connectivity index (χ2n) is 6.21. The van der Waals surface area contributed by atoms with Crippen molar-refractivity contribution in [3.63, 3.8) is 0 Å². The highest BCUT2D eigenvalue weighted by molar-refractivity contribution is 5.16. The highest BCUT2D eigenvalue weighted by atomic mass is 15.3. The molecule has 0 radical (unpaired) electrons. The molecule has 2 heterocycles. The number of nitrogens with one attached hydrogen (secondary N) is 1. The largest absolute Gasteiger partial charge is 0.307 e. The van der Waals surface area contributed by atoms with Crippen LogP contribution in [0.1, 0.15) is 36.1 Å². The summed E-state index contributed by atoms with van der Waals surface area (Å²) in [7, 11) is 0. The van der Waals surface area contributed by atoms with E-state index < -0.39 is 0 Å². The lowest BCUT2D eigenvalue weighted by Gasteiger charge is -2.33. The minimum Gasteiger partial charge on any atom is -0.307 e. The Morgan fingerprint density at radius 1 is 1.19 bits per heavy atom. The zero-order valence-electron chi connectivity index (χ0n) is 12.3. The zero-order valence-corrected chi connectivity index (χ0v) is 12.3. The summed E-state index contributed by atoms with van der Waals surface area (Å²) in [6, 6.07) is 11.8. The van der Waals surface area contributed by atoms with Gasteiger partial charge in [0.05, 0.1) is 12.2 Å². The van der Waals surface area contributed by atoms with E-state index in [0.29, 0.717) is 12.1 Å². The molecule has 1 N–H and O–H groups in total. The van der Waals surface area contributed by atoms with Crippen molar-refractivity contribution in [1.29, 1.82) is 0 Å². The molecule has 4 nitrogen and oxygen atoms in total. The van der Waals surface area contributed by atoms with Crippen LogP contribution in [-0.2, 0) is 6.54 Å². The molecule has 0 spiro atoms. The van der Waals surface area contributed by atoms with Crippen LogP contribution < -0.4 is 5.32 Å². The van der Waals surface area contributed by atoms with Crippen molar-refractivity contribution < 1.29 is 0 Å². The van der Waals surface area contributed by atoms with Gasteiger partial charge in [0.25, 0.3) is 0 Å². The van der Waals surface area contributed by atoms with Crippen LogP contribution in [-0.4, -0.2) is 34.3 Å². The number of benzene rings is 1. The van der Waals surface area contributed by atoms with Gasteiger partial charge in [-0.25, -0.2) is 0 Å². The molecule has 110 valence electrons. The number of hydrogen-bond acceptors (Lipinski definition) is 3. The van der Waals surface area contributed by atoms with E-state index in [1.807, 2.05) is 6.20 Å². The lowest BCUT2D eigenvalue weighted by atomic mass is 10.1. The molecule has 0 amide bonds. The standard InChI is InChI=1S/C17H22N4/c1-2-4-14(5-3-1)11-20-9-8-18-17(13-20)15-10-19-21(12-15)16-6-7-16/h1-5,10,12,16-18H,6-9,11,13H2. The van der Waals surface area contributed by atoms with E-state index in [-0.39, 0.29) is 0 Å². The number of aromatic nitrogens is 2. The third-order valence-corrected chi connectivity index (χ3v) is 4.45. The third kappa shape index (κ3) is 3.01. The molecular weight excluding hydrogens is 260 g/mol. The van der Waals surface area contributed by atoms with E-state index in [2.05, 4.69) is 56.5 Å². The Labute approximate surface area is 125 Å². The van der Waals surface area contributed by atoms with Crippen LogP contribution >= 0.6 is 0 Å². The molecule has 2 fully saturated rings. The van der Waals surface area contributed by atoms with E-state index >= 15 is 0 Å². The lowest BCUT2D eigenvalue weighted by Crippen LogP contribution is -2.45. The molecule has 4 rings (SSSR count). The van der Waals surface area contributed by atoms with E-state index in [1.165, 1.54) is 24.0 Å². The summed E-state index contributed by atoms with van der Waals surface area (Å²) in [6.07, 6.45) is 6.86. The van der Waals surface area contributed by atoms with Gasteiger partial charge in [0.15, 0.2) is 0 Å². The van der Waals surface area contributed by atoms with E-state index in [1.54, 1.807) is 0 Å². The molecule has 2 aromatic rings. The van der Waals surface area contributed by atoms with Crippen molar-refractivity contribution in [2.75, 3.05) is 19.6 Å². The third-order valence-electron chi connectivity index (χ3n) is 4.45. The van der Waals surface area contributed by atoms with Crippen LogP contribution in [0.25, 0.3) is 0 Å². The molecule has 1 aliphatic carbocycles. The van der Waals surface area contributed by atoms with Gasteiger partial charge in [0, 0.05) is 44.0 Å². The highest BCUT2D eigenvalue weighted by Crippen LogP contribution is 2.34. The maximum absolute atomic E-state index is 4.52. The number of nitrogens with zero attached hydrogens (tertiary/aromatic N) is 3. The SMILES string of the molecule is c1ccc(CN2CCNC(c3cnn(C4CC4)c3)C2)cc1. The molecule has 1 saturated heterocycles. The van der Waals surface area contributed by atoms with Gasteiger partial charge in [-0.3, -0.25) is 9.58 Å². The predicted molar refractivity (Wildman–Crippen MR) is 83.0 cm³/mol. The average Bonchev–Trinajstić information content (AvgIpc) is 3.26. The Balaban J connectivity index is 1.42. The minimum atomic E-state index is 0.412. The van der Waals surface area contributed by atoms with Crippen molar-refractivity contribution in [2.45, 2.75) is 31.5 Å². The first-order chi connectivity index (χ1) is 10.4. The Kier molecular flexibility index (Phi) is 3.49. The first-order valence-corrected chi connectivity index (χ1v) is 7.92. The first kappa shape index (κ1) is 13.0. The highest BCUT2D eigenvalue weighted by Gasteiger charge is 2.27. The van der Waals surface area contributed by atoms with Gasteiger partial charge >= 0.3 is 0 Å². The Bertz CT molecular complexity index is 588. The van der Waals surface area contributed by atoms with Gasteiger partial charge in [-0.2, -0.15) is 5.10 Å². The topological polar surface area (TPSA) is 33.1 Å². The summed E-state index contributed by atoms with van der Waals surface area (Å²) in [5, 5.41) is 8.15. The van der Waals surface area contributed by atoms with Crippen molar-refractivity contribution in [2.24, 2.45) is 0 Å². The summed E-state index contributed by atoms with van der Waals surface area (Å²) >= 11 is 0. The maximum Gasteiger partial charge on any atom is 0.0538 e. The average molecular weight is 282 g/mol. The number of rotatable bonds is 4. The molecule has 1 aliphatic heterocycles. The lowest BCUT2D eigenvalue weighted by molar-refractivity contribution is 0.193. The summed E-state index contributed by atoms with van der Waals surface area (Å²) < 4.78 is 2.15. The van der Waals surface area contributed by atoms with Crippen molar-refractivity contribution in [1.82, 2.24) is 20.0 Å². The molecule has 4 heteroatoms. The monoisotopic (exact) mass is 282 g/mol. The van der Waals surface area contributed by atoms with Crippen LogP contribution in [0.4, 0.5) is 0 Å². The van der Waals surface area contributed by atoms with Crippen molar-refractivity contribution in [3.8, 4) is 0 Å². The molecule has 0 bridgehead atoms. The molecule has 21 heavy (non-hydrogen) atoms. The fourth-order valence-electron chi connectivity index (χ4n) is 3.09. The van der Waals surface area contributed by atoms with Crippen LogP contribution in [0.5, 0.6) is 0 Å². The summed E-state index contributed by atoms with van der Waals surface area (Å²) in [5.74, 6) is 0. The molecule has 1 unspecified atom stereocenters. The molecular formula is C17H22N4. The van der Waals surface area contributed by atoms with E-state index in [4.69, 9.17) is 0 Å². The number of hydrogen-bond donors (Lipinski definition) is 1. The summed E-state index contributed by atoms with van der Waals surface area (Å²) in [5.41, 5.74) is 2.73. The minimum absolute atomic E-state index is 0.412. The van der Waals surface area contributed by atoms with Gasteiger partial charge in [0.1, 0.15) is 0 Å². The number of piperazine rings is 1. The zero-order chi connectivity index (χ0) is 14.1. The van der Waals surface area contributed by atoms with Crippen LogP contribution in [0.3, 0.4) is 0 Å². The Hall–Kier alpha value is -1.65. The summed E-state index contributed by atoms with van der Waals surface area (Å²) in [6.45, 7) is 4.26. The van der Waals surface area contributed by atoms with Crippen LogP contribution in [0.15, 0.2) is 42.7 Å². The van der Waals surface area contributed by atoms with Gasteiger partial charge < -0.3 is 5.32 Å². The van der Waals surface area contributed by atoms with Crippen LogP contribution in [0, 0.1) is 0 Å². The summed E-state index contributed by atoms with van der Waals surface area (Å²) in [4.78, 5) is 2.53. The molecule has 1 saturated carbocycles. The Morgan fingerprint density at radius 2 is 2.05 bits per heavy atom. The van der Waals surface area contributed by atoms with E-state index in [9.17, 15) is 0 Å². The second-order valence-corrected chi connectivity index (χ2v) is 6.21. The smallest absolute Gasteiger partial charge is 0.0538 e. The normalized spacial score (nSPS) is 23.3.